The van der Waals surface area contributed by atoms with Crippen LogP contribution in [0.5, 0.6) is 0 Å². The molecular formula is C18H24N2O. The maximum absolute atomic E-state index is 12.3. The van der Waals surface area contributed by atoms with E-state index < -0.39 is 0 Å². The molecule has 112 valence electrons. The Morgan fingerprint density at radius 2 is 2.19 bits per heavy atom. The number of para-hydroxylation sites is 1. The van der Waals surface area contributed by atoms with Gasteiger partial charge in [-0.2, -0.15) is 0 Å². The third-order valence-corrected chi connectivity index (χ3v) is 4.63. The van der Waals surface area contributed by atoms with Gasteiger partial charge in [0.1, 0.15) is 0 Å². The summed E-state index contributed by atoms with van der Waals surface area (Å²) in [5.74, 6) is 0.335. The highest BCUT2D eigenvalue weighted by molar-refractivity contribution is 5.83. The van der Waals surface area contributed by atoms with E-state index in [1.807, 2.05) is 6.07 Å². The standard InChI is InChI=1S/C18H24N2O/c1-14-7-4-5-12-20(14)18(21)11-6-8-15-13-19-17-10-3-2-9-16(15)17/h2-3,9-10,13-14,19H,4-8,11-12H2,1H3. The van der Waals surface area contributed by atoms with Crippen LogP contribution in [0.4, 0.5) is 0 Å². The minimum atomic E-state index is 0.335. The number of aromatic amines is 1. The van der Waals surface area contributed by atoms with E-state index >= 15 is 0 Å². The number of carbonyl (C=O) groups excluding carboxylic acids is 1. The van der Waals surface area contributed by atoms with Crippen LogP contribution in [-0.4, -0.2) is 28.4 Å². The molecule has 1 N–H and O–H groups in total. The topological polar surface area (TPSA) is 36.1 Å². The molecule has 0 spiro atoms. The summed E-state index contributed by atoms with van der Waals surface area (Å²) in [6, 6.07) is 8.79. The maximum atomic E-state index is 12.3. The van der Waals surface area contributed by atoms with Crippen molar-refractivity contribution in [2.45, 2.75) is 51.5 Å². The molecule has 2 heterocycles. The first-order valence-electron chi connectivity index (χ1n) is 8.10. The number of hydrogen-bond acceptors (Lipinski definition) is 1. The van der Waals surface area contributed by atoms with E-state index in [0.29, 0.717) is 18.4 Å². The average Bonchev–Trinajstić information content (AvgIpc) is 2.91. The zero-order chi connectivity index (χ0) is 14.7. The van der Waals surface area contributed by atoms with Crippen molar-refractivity contribution < 1.29 is 4.79 Å². The molecule has 1 aliphatic heterocycles. The van der Waals surface area contributed by atoms with Crippen molar-refractivity contribution in [3.05, 3.63) is 36.0 Å². The van der Waals surface area contributed by atoms with E-state index in [0.717, 1.165) is 25.8 Å². The molecule has 21 heavy (non-hydrogen) atoms. The molecule has 1 saturated heterocycles. The van der Waals surface area contributed by atoms with Crippen molar-refractivity contribution in [3.8, 4) is 0 Å². The molecule has 1 fully saturated rings. The lowest BCUT2D eigenvalue weighted by atomic mass is 10.0. The molecular weight excluding hydrogens is 260 g/mol. The van der Waals surface area contributed by atoms with Crippen molar-refractivity contribution >= 4 is 16.8 Å². The molecule has 3 nitrogen and oxygen atoms in total. The van der Waals surface area contributed by atoms with Gasteiger partial charge in [0.15, 0.2) is 0 Å². The maximum Gasteiger partial charge on any atom is 0.222 e. The Hall–Kier alpha value is -1.77. The minimum absolute atomic E-state index is 0.335. The van der Waals surface area contributed by atoms with Crippen molar-refractivity contribution in [2.24, 2.45) is 0 Å². The van der Waals surface area contributed by atoms with E-state index in [4.69, 9.17) is 0 Å². The number of rotatable bonds is 4. The zero-order valence-corrected chi connectivity index (χ0v) is 12.8. The molecule has 0 radical (unpaired) electrons. The van der Waals surface area contributed by atoms with Crippen molar-refractivity contribution in [2.75, 3.05) is 6.54 Å². The number of aryl methyl sites for hydroxylation is 1. The Bertz CT molecular complexity index is 616. The highest BCUT2D eigenvalue weighted by Gasteiger charge is 2.22. The van der Waals surface area contributed by atoms with Crippen LogP contribution in [0.2, 0.25) is 0 Å². The van der Waals surface area contributed by atoms with Gasteiger partial charge in [0.05, 0.1) is 0 Å². The summed E-state index contributed by atoms with van der Waals surface area (Å²) >= 11 is 0. The third kappa shape index (κ3) is 3.12. The number of benzene rings is 1. The number of H-pyrrole nitrogens is 1. The fourth-order valence-corrected chi connectivity index (χ4v) is 3.38. The van der Waals surface area contributed by atoms with Gasteiger partial charge in [0.25, 0.3) is 0 Å². The summed E-state index contributed by atoms with van der Waals surface area (Å²) in [4.78, 5) is 17.7. The van der Waals surface area contributed by atoms with Gasteiger partial charge in [-0.1, -0.05) is 18.2 Å². The third-order valence-electron chi connectivity index (χ3n) is 4.63. The Kier molecular flexibility index (Phi) is 4.28. The van der Waals surface area contributed by atoms with E-state index in [1.54, 1.807) is 0 Å². The van der Waals surface area contributed by atoms with Crippen molar-refractivity contribution in [1.82, 2.24) is 9.88 Å². The molecule has 0 bridgehead atoms. The molecule has 1 unspecified atom stereocenters. The number of aromatic nitrogens is 1. The number of likely N-dealkylation sites (tertiary alicyclic amines) is 1. The Balaban J connectivity index is 1.55. The second-order valence-electron chi connectivity index (χ2n) is 6.14. The number of nitrogens with zero attached hydrogens (tertiary/aromatic N) is 1. The highest BCUT2D eigenvalue weighted by atomic mass is 16.2. The molecule has 0 aliphatic carbocycles. The molecule has 2 aromatic rings. The Labute approximate surface area is 126 Å². The van der Waals surface area contributed by atoms with Crippen LogP contribution in [0, 0.1) is 0 Å². The van der Waals surface area contributed by atoms with E-state index in [2.05, 4.69) is 41.2 Å². The van der Waals surface area contributed by atoms with Gasteiger partial charge in [0, 0.05) is 36.1 Å². The molecule has 0 saturated carbocycles. The van der Waals surface area contributed by atoms with Gasteiger partial charge < -0.3 is 9.88 Å². The van der Waals surface area contributed by atoms with Gasteiger partial charge >= 0.3 is 0 Å². The predicted molar refractivity (Wildman–Crippen MR) is 86.3 cm³/mol. The second-order valence-corrected chi connectivity index (χ2v) is 6.14. The highest BCUT2D eigenvalue weighted by Crippen LogP contribution is 2.21. The number of nitrogens with one attached hydrogen (secondary N) is 1. The van der Waals surface area contributed by atoms with Crippen LogP contribution in [0.3, 0.4) is 0 Å². The largest absolute Gasteiger partial charge is 0.361 e. The average molecular weight is 284 g/mol. The first kappa shape index (κ1) is 14.2. The first-order chi connectivity index (χ1) is 10.3. The van der Waals surface area contributed by atoms with Crippen LogP contribution in [-0.2, 0) is 11.2 Å². The molecule has 1 aliphatic rings. The summed E-state index contributed by atoms with van der Waals surface area (Å²) < 4.78 is 0. The normalized spacial score (nSPS) is 19.1. The van der Waals surface area contributed by atoms with Gasteiger partial charge in [0.2, 0.25) is 5.91 Å². The summed E-state index contributed by atoms with van der Waals surface area (Å²) in [6.45, 7) is 3.13. The SMILES string of the molecule is CC1CCCCN1C(=O)CCCc1c[nH]c2ccccc12. The van der Waals surface area contributed by atoms with E-state index in [9.17, 15) is 4.79 Å². The quantitative estimate of drug-likeness (QED) is 0.908. The van der Waals surface area contributed by atoms with Crippen LogP contribution in [0.15, 0.2) is 30.5 Å². The summed E-state index contributed by atoms with van der Waals surface area (Å²) in [5.41, 5.74) is 2.51. The number of fused-ring (bicyclic) bond motifs is 1. The first-order valence-corrected chi connectivity index (χ1v) is 8.10. The number of carbonyl (C=O) groups is 1. The molecule has 1 aromatic heterocycles. The lowest BCUT2D eigenvalue weighted by Gasteiger charge is -2.33. The number of piperidine rings is 1. The van der Waals surface area contributed by atoms with Gasteiger partial charge in [-0.25, -0.2) is 0 Å². The molecule has 1 aromatic carbocycles. The van der Waals surface area contributed by atoms with Gasteiger partial charge in [-0.15, -0.1) is 0 Å². The molecule has 1 amide bonds. The summed E-state index contributed by atoms with van der Waals surface area (Å²) in [5, 5.41) is 1.29. The lowest BCUT2D eigenvalue weighted by molar-refractivity contribution is -0.134. The van der Waals surface area contributed by atoms with Crippen LogP contribution < -0.4 is 0 Å². The van der Waals surface area contributed by atoms with Gasteiger partial charge in [-0.05, 0) is 50.7 Å². The van der Waals surface area contributed by atoms with Gasteiger partial charge in [-0.3, -0.25) is 4.79 Å². The second kappa shape index (κ2) is 6.33. The van der Waals surface area contributed by atoms with E-state index in [1.165, 1.54) is 29.3 Å². The number of amides is 1. The predicted octanol–water partition coefficient (Wildman–Crippen LogP) is 3.89. The molecule has 1 atom stereocenters. The van der Waals surface area contributed by atoms with Crippen LogP contribution in [0.1, 0.15) is 44.6 Å². The summed E-state index contributed by atoms with van der Waals surface area (Å²) in [7, 11) is 0. The smallest absolute Gasteiger partial charge is 0.222 e. The Morgan fingerprint density at radius 1 is 1.33 bits per heavy atom. The Morgan fingerprint density at radius 3 is 3.05 bits per heavy atom. The molecule has 3 rings (SSSR count). The summed E-state index contributed by atoms with van der Waals surface area (Å²) in [6.07, 6.45) is 8.25. The van der Waals surface area contributed by atoms with Crippen LogP contribution >= 0.6 is 0 Å². The number of hydrogen-bond donors (Lipinski definition) is 1. The monoisotopic (exact) mass is 284 g/mol. The van der Waals surface area contributed by atoms with Crippen molar-refractivity contribution in [1.29, 1.82) is 0 Å². The molecule has 3 heteroatoms. The zero-order valence-electron chi connectivity index (χ0n) is 12.8. The fraction of sp³-hybridized carbons (Fsp3) is 0.500. The van der Waals surface area contributed by atoms with Crippen LogP contribution in [0.25, 0.3) is 10.9 Å². The van der Waals surface area contributed by atoms with E-state index in [-0.39, 0.29) is 0 Å². The fourth-order valence-electron chi connectivity index (χ4n) is 3.38. The minimum Gasteiger partial charge on any atom is -0.361 e. The van der Waals surface area contributed by atoms with Crippen molar-refractivity contribution in [3.63, 3.8) is 0 Å². The lowest BCUT2D eigenvalue weighted by Crippen LogP contribution is -2.41.